The van der Waals surface area contributed by atoms with Crippen molar-refractivity contribution in [2.24, 2.45) is 5.92 Å². The Labute approximate surface area is 167 Å². The average Bonchev–Trinajstić information content (AvgIpc) is 2.96. The summed E-state index contributed by atoms with van der Waals surface area (Å²) in [7, 11) is 2.13. The second-order valence-corrected chi connectivity index (χ2v) is 8.10. The van der Waals surface area contributed by atoms with Gasteiger partial charge in [0.05, 0.1) is 6.61 Å². The van der Waals surface area contributed by atoms with Gasteiger partial charge >= 0.3 is 5.97 Å². The molecule has 4 rings (SSSR count). The van der Waals surface area contributed by atoms with E-state index in [1.807, 2.05) is 13.0 Å². The van der Waals surface area contributed by atoms with E-state index in [0.29, 0.717) is 18.2 Å². The minimum atomic E-state index is -0.450. The number of carbonyl (C=O) groups excluding carboxylic acids is 1. The first-order chi connectivity index (χ1) is 13.6. The van der Waals surface area contributed by atoms with Crippen LogP contribution in [0.2, 0.25) is 0 Å². The number of esters is 1. The van der Waals surface area contributed by atoms with E-state index in [2.05, 4.69) is 60.6 Å². The normalized spacial score (nSPS) is 25.0. The number of ether oxygens (including phenoxy) is 1. The molecule has 4 nitrogen and oxygen atoms in total. The molecule has 1 aromatic rings. The molecule has 0 spiro atoms. The maximum Gasteiger partial charge on any atom is 0.354 e. The summed E-state index contributed by atoms with van der Waals surface area (Å²) in [5.74, 6) is 0.277. The number of nitrogens with zero attached hydrogens (tertiary/aromatic N) is 1. The highest BCUT2D eigenvalue weighted by Crippen LogP contribution is 2.50. The van der Waals surface area contributed by atoms with E-state index < -0.39 is 5.66 Å². The van der Waals surface area contributed by atoms with Gasteiger partial charge < -0.3 is 15.0 Å². The number of dihydropyridines is 1. The van der Waals surface area contributed by atoms with Crippen LogP contribution in [0.1, 0.15) is 51.5 Å². The first-order valence-electron chi connectivity index (χ1n) is 10.5. The molecule has 3 aliphatic rings. The SMILES string of the molecule is CCOC(=O)C1=CC=C2C(C3CCCCC3)=C(c3ccccc3)N(C)C2(C)N1. The van der Waals surface area contributed by atoms with Gasteiger partial charge in [0, 0.05) is 18.3 Å². The van der Waals surface area contributed by atoms with Crippen LogP contribution >= 0.6 is 0 Å². The molecule has 2 heterocycles. The van der Waals surface area contributed by atoms with Gasteiger partial charge in [-0.05, 0) is 49.8 Å². The van der Waals surface area contributed by atoms with Crippen molar-refractivity contribution in [2.45, 2.75) is 51.6 Å². The van der Waals surface area contributed by atoms with E-state index >= 15 is 0 Å². The Hall–Kier alpha value is -2.49. The van der Waals surface area contributed by atoms with Crippen molar-refractivity contribution >= 4 is 11.7 Å². The Morgan fingerprint density at radius 1 is 1.18 bits per heavy atom. The maximum atomic E-state index is 12.4. The fourth-order valence-electron chi connectivity index (χ4n) is 4.93. The molecule has 0 aromatic heterocycles. The van der Waals surface area contributed by atoms with Gasteiger partial charge in [-0.1, -0.05) is 55.7 Å². The van der Waals surface area contributed by atoms with Gasteiger partial charge in [-0.15, -0.1) is 0 Å². The van der Waals surface area contributed by atoms with Gasteiger partial charge in [-0.3, -0.25) is 0 Å². The summed E-state index contributed by atoms with van der Waals surface area (Å²) in [4.78, 5) is 14.7. The molecule has 0 radical (unpaired) electrons. The summed E-state index contributed by atoms with van der Waals surface area (Å²) in [6, 6.07) is 10.6. The average molecular weight is 379 g/mol. The van der Waals surface area contributed by atoms with Crippen molar-refractivity contribution in [3.05, 3.63) is 64.9 Å². The number of carbonyl (C=O) groups is 1. The van der Waals surface area contributed by atoms with Crippen LogP contribution in [-0.4, -0.2) is 30.2 Å². The topological polar surface area (TPSA) is 41.6 Å². The van der Waals surface area contributed by atoms with Gasteiger partial charge in [0.1, 0.15) is 11.4 Å². The summed E-state index contributed by atoms with van der Waals surface area (Å²) >= 11 is 0. The predicted molar refractivity (Wildman–Crippen MR) is 112 cm³/mol. The van der Waals surface area contributed by atoms with Crippen molar-refractivity contribution in [2.75, 3.05) is 13.7 Å². The van der Waals surface area contributed by atoms with Crippen LogP contribution in [0.15, 0.2) is 59.3 Å². The molecule has 4 heteroatoms. The van der Waals surface area contributed by atoms with Gasteiger partial charge in [0.15, 0.2) is 0 Å². The summed E-state index contributed by atoms with van der Waals surface area (Å²) < 4.78 is 5.23. The summed E-state index contributed by atoms with van der Waals surface area (Å²) in [6.07, 6.45) is 10.4. The molecular weight excluding hydrogens is 348 g/mol. The monoisotopic (exact) mass is 378 g/mol. The Balaban J connectivity index is 1.82. The molecule has 0 amide bonds. The smallest absolute Gasteiger partial charge is 0.354 e. The van der Waals surface area contributed by atoms with Crippen molar-refractivity contribution in [3.8, 4) is 0 Å². The standard InChI is InChI=1S/C24H30N2O2/c1-4-28-23(27)20-16-15-19-21(17-11-7-5-8-12-17)22(18-13-9-6-10-14-18)26(3)24(19,2)25-20/h6,9-10,13-17,25H,4-5,7-8,11-12H2,1-3H3. The molecule has 1 saturated carbocycles. The Bertz CT molecular complexity index is 847. The number of likely N-dealkylation sites (N-methyl/N-ethyl adjacent to an activating group) is 1. The second kappa shape index (κ2) is 7.50. The molecule has 2 aliphatic heterocycles. The van der Waals surface area contributed by atoms with E-state index in [4.69, 9.17) is 4.74 Å². The third kappa shape index (κ3) is 3.05. The Morgan fingerprint density at radius 2 is 1.89 bits per heavy atom. The lowest BCUT2D eigenvalue weighted by Gasteiger charge is -2.40. The van der Waals surface area contributed by atoms with Gasteiger partial charge in [0.25, 0.3) is 0 Å². The van der Waals surface area contributed by atoms with E-state index in [-0.39, 0.29) is 5.97 Å². The van der Waals surface area contributed by atoms with Gasteiger partial charge in [-0.2, -0.15) is 0 Å². The summed E-state index contributed by atoms with van der Waals surface area (Å²) in [5.41, 5.74) is 5.33. The number of hydrogen-bond donors (Lipinski definition) is 1. The first-order valence-corrected chi connectivity index (χ1v) is 10.5. The number of hydrogen-bond acceptors (Lipinski definition) is 4. The summed E-state index contributed by atoms with van der Waals surface area (Å²) in [6.45, 7) is 4.38. The van der Waals surface area contributed by atoms with Gasteiger partial charge in [-0.25, -0.2) is 4.79 Å². The third-order valence-electron chi connectivity index (χ3n) is 6.43. The molecule has 1 fully saturated rings. The van der Waals surface area contributed by atoms with E-state index in [9.17, 15) is 4.79 Å². The molecule has 148 valence electrons. The van der Waals surface area contributed by atoms with Crippen molar-refractivity contribution in [3.63, 3.8) is 0 Å². The minimum absolute atomic E-state index is 0.292. The largest absolute Gasteiger partial charge is 0.461 e. The van der Waals surface area contributed by atoms with Gasteiger partial charge in [0.2, 0.25) is 0 Å². The third-order valence-corrected chi connectivity index (χ3v) is 6.43. The van der Waals surface area contributed by atoms with Crippen LogP contribution in [-0.2, 0) is 9.53 Å². The lowest BCUT2D eigenvalue weighted by atomic mass is 9.78. The van der Waals surface area contributed by atoms with Crippen LogP contribution in [0.3, 0.4) is 0 Å². The van der Waals surface area contributed by atoms with Crippen molar-refractivity contribution in [1.29, 1.82) is 0 Å². The zero-order valence-electron chi connectivity index (χ0n) is 17.1. The molecular formula is C24H30N2O2. The highest BCUT2D eigenvalue weighted by Gasteiger charge is 2.48. The molecule has 1 aliphatic carbocycles. The number of allylic oxidation sites excluding steroid dienone is 2. The quantitative estimate of drug-likeness (QED) is 0.777. The number of fused-ring (bicyclic) bond motifs is 1. The van der Waals surface area contributed by atoms with Crippen LogP contribution in [0.25, 0.3) is 5.70 Å². The number of benzene rings is 1. The Morgan fingerprint density at radius 3 is 2.57 bits per heavy atom. The lowest BCUT2D eigenvalue weighted by molar-refractivity contribution is -0.139. The molecule has 28 heavy (non-hydrogen) atoms. The second-order valence-electron chi connectivity index (χ2n) is 8.10. The molecule has 1 aromatic carbocycles. The van der Waals surface area contributed by atoms with E-state index in [0.717, 1.165) is 0 Å². The zero-order chi connectivity index (χ0) is 19.7. The summed E-state index contributed by atoms with van der Waals surface area (Å²) in [5, 5.41) is 3.50. The van der Waals surface area contributed by atoms with Crippen molar-refractivity contribution in [1.82, 2.24) is 10.2 Å². The van der Waals surface area contributed by atoms with Crippen LogP contribution in [0.5, 0.6) is 0 Å². The van der Waals surface area contributed by atoms with E-state index in [1.165, 1.54) is 54.5 Å². The fraction of sp³-hybridized carbons (Fsp3) is 0.458. The van der Waals surface area contributed by atoms with E-state index in [1.54, 1.807) is 0 Å². The van der Waals surface area contributed by atoms with Crippen molar-refractivity contribution < 1.29 is 9.53 Å². The highest BCUT2D eigenvalue weighted by molar-refractivity contribution is 5.90. The molecule has 1 N–H and O–H groups in total. The molecule has 0 saturated heterocycles. The molecule has 1 unspecified atom stereocenters. The number of rotatable bonds is 4. The van der Waals surface area contributed by atoms with Crippen LogP contribution in [0, 0.1) is 5.92 Å². The zero-order valence-corrected chi connectivity index (χ0v) is 17.1. The minimum Gasteiger partial charge on any atom is -0.461 e. The Kier molecular flexibility index (Phi) is 5.05. The predicted octanol–water partition coefficient (Wildman–Crippen LogP) is 4.62. The lowest BCUT2D eigenvalue weighted by Crippen LogP contribution is -2.54. The molecule has 1 atom stereocenters. The van der Waals surface area contributed by atoms with Crippen LogP contribution < -0.4 is 5.32 Å². The first kappa shape index (κ1) is 18.9. The van der Waals surface area contributed by atoms with Crippen LogP contribution in [0.4, 0.5) is 0 Å². The highest BCUT2D eigenvalue weighted by atomic mass is 16.5. The fourth-order valence-corrected chi connectivity index (χ4v) is 4.93. The molecule has 0 bridgehead atoms. The maximum absolute atomic E-state index is 12.4. The number of nitrogens with one attached hydrogen (secondary N) is 1.